The number of pyridine rings is 1. The van der Waals surface area contributed by atoms with Crippen LogP contribution in [0.2, 0.25) is 0 Å². The average Bonchev–Trinajstić information content (AvgIpc) is 2.88. The first-order valence-electron chi connectivity index (χ1n) is 8.63. The summed E-state index contributed by atoms with van der Waals surface area (Å²) < 4.78 is 5.31. The first-order chi connectivity index (χ1) is 11.5. The van der Waals surface area contributed by atoms with Crippen LogP contribution in [0.3, 0.4) is 0 Å². The van der Waals surface area contributed by atoms with Crippen LogP contribution in [0.1, 0.15) is 54.5 Å². The van der Waals surface area contributed by atoms with E-state index in [1.54, 1.807) is 0 Å². The lowest BCUT2D eigenvalue weighted by Crippen LogP contribution is -2.36. The van der Waals surface area contributed by atoms with E-state index in [1.807, 2.05) is 0 Å². The lowest BCUT2D eigenvalue weighted by atomic mass is 10.0. The molecule has 2 N–H and O–H groups in total. The molecular weight excluding hydrogens is 322 g/mol. The van der Waals surface area contributed by atoms with Gasteiger partial charge in [0.05, 0.1) is 12.3 Å². The minimum absolute atomic E-state index is 0.328. The smallest absolute Gasteiger partial charge is 0.350 e. The maximum atomic E-state index is 12.2. The number of anilines is 1. The number of rotatable bonds is 5. The molecule has 2 aromatic heterocycles. The molecule has 0 unspecified atom stereocenters. The molecule has 0 saturated heterocycles. The number of ether oxygens (including phenoxy) is 1. The van der Waals surface area contributed by atoms with Crippen molar-refractivity contribution in [1.29, 1.82) is 0 Å². The zero-order chi connectivity index (χ0) is 17.3. The van der Waals surface area contributed by atoms with Crippen LogP contribution in [0.5, 0.6) is 0 Å². The van der Waals surface area contributed by atoms with Crippen LogP contribution in [-0.4, -0.2) is 35.0 Å². The second-order valence-corrected chi connectivity index (χ2v) is 7.59. The molecule has 2 aromatic rings. The third-order valence-electron chi connectivity index (χ3n) is 4.55. The summed E-state index contributed by atoms with van der Waals surface area (Å²) in [4.78, 5) is 20.8. The third kappa shape index (κ3) is 3.26. The molecule has 5 nitrogen and oxygen atoms in total. The van der Waals surface area contributed by atoms with Crippen molar-refractivity contribution in [1.82, 2.24) is 9.88 Å². The van der Waals surface area contributed by atoms with E-state index in [1.165, 1.54) is 16.9 Å². The second-order valence-electron chi connectivity index (χ2n) is 6.60. The number of hydrogen-bond acceptors (Lipinski definition) is 6. The summed E-state index contributed by atoms with van der Waals surface area (Å²) in [5, 5.41) is 0.881. The Morgan fingerprint density at radius 1 is 1.50 bits per heavy atom. The molecular formula is C18H25N3O2S. The van der Waals surface area contributed by atoms with E-state index in [4.69, 9.17) is 15.5 Å². The number of carbonyl (C=O) groups is 1. The van der Waals surface area contributed by atoms with Crippen molar-refractivity contribution >= 4 is 33.2 Å². The fourth-order valence-corrected chi connectivity index (χ4v) is 3.98. The molecule has 0 amide bonds. The van der Waals surface area contributed by atoms with Gasteiger partial charge in [0, 0.05) is 36.6 Å². The molecule has 3 heterocycles. The molecule has 1 aliphatic heterocycles. The summed E-state index contributed by atoms with van der Waals surface area (Å²) in [7, 11) is 0. The van der Waals surface area contributed by atoms with Crippen molar-refractivity contribution in [3.05, 3.63) is 22.2 Å². The number of esters is 1. The van der Waals surface area contributed by atoms with E-state index in [-0.39, 0.29) is 5.97 Å². The number of aromatic nitrogens is 1. The average molecular weight is 347 g/mol. The Hall–Kier alpha value is -1.66. The van der Waals surface area contributed by atoms with Gasteiger partial charge >= 0.3 is 5.97 Å². The van der Waals surface area contributed by atoms with Crippen LogP contribution in [0.15, 0.2) is 6.07 Å². The Morgan fingerprint density at radius 2 is 2.29 bits per heavy atom. The van der Waals surface area contributed by atoms with E-state index in [0.717, 1.165) is 48.3 Å². The van der Waals surface area contributed by atoms with Crippen molar-refractivity contribution < 1.29 is 9.53 Å². The number of nitrogens with two attached hydrogens (primary N) is 1. The summed E-state index contributed by atoms with van der Waals surface area (Å²) in [5.74, 6) is -0.328. The van der Waals surface area contributed by atoms with Crippen molar-refractivity contribution in [2.45, 2.75) is 52.6 Å². The number of thiophene rings is 1. The summed E-state index contributed by atoms with van der Waals surface area (Å²) in [6.07, 6.45) is 2.81. The predicted molar refractivity (Wildman–Crippen MR) is 98.5 cm³/mol. The zero-order valence-corrected chi connectivity index (χ0v) is 15.4. The van der Waals surface area contributed by atoms with Gasteiger partial charge in [0.1, 0.15) is 9.71 Å². The largest absolute Gasteiger partial charge is 0.461 e. The fourth-order valence-electron chi connectivity index (χ4n) is 2.99. The third-order valence-corrected chi connectivity index (χ3v) is 5.64. The molecule has 0 radical (unpaired) electrons. The molecule has 130 valence electrons. The van der Waals surface area contributed by atoms with Gasteiger partial charge in [-0.25, -0.2) is 9.78 Å². The molecule has 6 heteroatoms. The molecule has 24 heavy (non-hydrogen) atoms. The highest BCUT2D eigenvalue weighted by Crippen LogP contribution is 2.35. The minimum Gasteiger partial charge on any atom is -0.461 e. The summed E-state index contributed by atoms with van der Waals surface area (Å²) in [6.45, 7) is 8.84. The molecule has 0 bridgehead atoms. The van der Waals surface area contributed by atoms with Gasteiger partial charge in [0.15, 0.2) is 0 Å². The van der Waals surface area contributed by atoms with Crippen molar-refractivity contribution in [2.24, 2.45) is 0 Å². The lowest BCUT2D eigenvalue weighted by Gasteiger charge is -2.31. The second kappa shape index (κ2) is 7.07. The number of hydrogen-bond donors (Lipinski definition) is 1. The van der Waals surface area contributed by atoms with Gasteiger partial charge < -0.3 is 10.5 Å². The van der Waals surface area contributed by atoms with E-state index in [2.05, 4.69) is 31.7 Å². The number of nitrogens with zero attached hydrogens (tertiary/aromatic N) is 2. The molecule has 0 spiro atoms. The molecule has 1 aliphatic rings. The highest BCUT2D eigenvalue weighted by atomic mass is 32.1. The number of unbranched alkanes of at least 4 members (excludes halogenated alkanes) is 1. The summed E-state index contributed by atoms with van der Waals surface area (Å²) >= 11 is 1.35. The molecule has 0 aliphatic carbocycles. The van der Waals surface area contributed by atoms with E-state index in [9.17, 15) is 4.79 Å². The number of carbonyl (C=O) groups excluding carboxylic acids is 1. The van der Waals surface area contributed by atoms with Gasteiger partial charge in [-0.1, -0.05) is 13.3 Å². The lowest BCUT2D eigenvalue weighted by molar-refractivity contribution is 0.0506. The standard InChI is InChI=1S/C18H25N3O2S/c1-4-5-8-23-18(22)16-15(19)13-9-12-10-21(11(2)3)7-6-14(12)20-17(13)24-16/h9,11H,4-8,10,19H2,1-3H3. The quantitative estimate of drug-likeness (QED) is 0.661. The topological polar surface area (TPSA) is 68.4 Å². The van der Waals surface area contributed by atoms with Gasteiger partial charge in [-0.2, -0.15) is 0 Å². The Kier molecular flexibility index (Phi) is 5.06. The molecule has 0 fully saturated rings. The minimum atomic E-state index is -0.328. The van der Waals surface area contributed by atoms with E-state index < -0.39 is 0 Å². The maximum absolute atomic E-state index is 12.2. The molecule has 3 rings (SSSR count). The van der Waals surface area contributed by atoms with Crippen molar-refractivity contribution in [3.63, 3.8) is 0 Å². The maximum Gasteiger partial charge on any atom is 0.350 e. The molecule has 0 saturated carbocycles. The van der Waals surface area contributed by atoms with Crippen LogP contribution < -0.4 is 5.73 Å². The van der Waals surface area contributed by atoms with Gasteiger partial charge in [0.2, 0.25) is 0 Å². The highest BCUT2D eigenvalue weighted by Gasteiger charge is 2.24. The monoisotopic (exact) mass is 347 g/mol. The molecule has 0 aromatic carbocycles. The van der Waals surface area contributed by atoms with Crippen molar-refractivity contribution in [2.75, 3.05) is 18.9 Å². The van der Waals surface area contributed by atoms with Crippen LogP contribution in [0.4, 0.5) is 5.69 Å². The predicted octanol–water partition coefficient (Wildman–Crippen LogP) is 3.60. The fraction of sp³-hybridized carbons (Fsp3) is 0.556. The van der Waals surface area contributed by atoms with Gasteiger partial charge in [-0.05, 0) is 31.9 Å². The van der Waals surface area contributed by atoms with Crippen LogP contribution in [0.25, 0.3) is 10.2 Å². The Balaban J connectivity index is 1.90. The van der Waals surface area contributed by atoms with Gasteiger partial charge in [-0.3, -0.25) is 4.90 Å². The summed E-state index contributed by atoms with van der Waals surface area (Å²) in [5.41, 5.74) is 9.09. The van der Waals surface area contributed by atoms with E-state index in [0.29, 0.717) is 23.2 Å². The first-order valence-corrected chi connectivity index (χ1v) is 9.44. The Morgan fingerprint density at radius 3 is 3.00 bits per heavy atom. The first kappa shape index (κ1) is 17.2. The van der Waals surface area contributed by atoms with Gasteiger partial charge in [0.25, 0.3) is 0 Å². The SMILES string of the molecule is CCCCOC(=O)c1sc2nc3c(cc2c1N)CN(C(C)C)CC3. The van der Waals surface area contributed by atoms with Crippen LogP contribution in [0, 0.1) is 0 Å². The molecule has 0 atom stereocenters. The normalized spacial score (nSPS) is 15.0. The Labute approximate surface area is 146 Å². The van der Waals surface area contributed by atoms with E-state index >= 15 is 0 Å². The number of nitrogen functional groups attached to an aromatic ring is 1. The number of fused-ring (bicyclic) bond motifs is 2. The van der Waals surface area contributed by atoms with Crippen molar-refractivity contribution in [3.8, 4) is 0 Å². The summed E-state index contributed by atoms with van der Waals surface area (Å²) in [6, 6.07) is 2.62. The van der Waals surface area contributed by atoms with Crippen LogP contribution >= 0.6 is 11.3 Å². The Bertz CT molecular complexity index is 754. The van der Waals surface area contributed by atoms with Gasteiger partial charge in [-0.15, -0.1) is 11.3 Å². The zero-order valence-electron chi connectivity index (χ0n) is 14.6. The van der Waals surface area contributed by atoms with Crippen LogP contribution in [-0.2, 0) is 17.7 Å². The highest BCUT2D eigenvalue weighted by molar-refractivity contribution is 7.21.